The fourth-order valence-electron chi connectivity index (χ4n) is 3.45. The second-order valence-electron chi connectivity index (χ2n) is 6.94. The Balaban J connectivity index is 1.31. The Morgan fingerprint density at radius 2 is 1.96 bits per heavy atom. The highest BCUT2D eigenvalue weighted by Crippen LogP contribution is 2.18. The van der Waals surface area contributed by atoms with Crippen molar-refractivity contribution in [2.24, 2.45) is 9.98 Å². The second kappa shape index (κ2) is 7.57. The van der Waals surface area contributed by atoms with Gasteiger partial charge in [-0.05, 0) is 19.1 Å². The maximum atomic E-state index is 13.2. The normalized spacial score (nSPS) is 21.4. The Kier molecular flexibility index (Phi) is 4.97. The molecular weight excluding hydrogens is 368 g/mol. The van der Waals surface area contributed by atoms with Gasteiger partial charge in [0.2, 0.25) is 0 Å². The zero-order valence-electron chi connectivity index (χ0n) is 15.5. The number of fused-ring (bicyclic) bond motifs is 1. The summed E-state index contributed by atoms with van der Waals surface area (Å²) in [6.45, 7) is 5.06. The molecule has 1 saturated heterocycles. The van der Waals surface area contributed by atoms with Gasteiger partial charge in [-0.25, -0.2) is 13.8 Å². The Bertz CT molecular complexity index is 862. The average molecular weight is 389 g/mol. The van der Waals surface area contributed by atoms with Gasteiger partial charge in [-0.15, -0.1) is 0 Å². The first-order valence-corrected chi connectivity index (χ1v) is 9.21. The maximum absolute atomic E-state index is 13.2. The van der Waals surface area contributed by atoms with Crippen molar-refractivity contribution in [3.8, 4) is 5.75 Å². The molecule has 0 N–H and O–H groups in total. The van der Waals surface area contributed by atoms with Crippen LogP contribution >= 0.6 is 0 Å². The fourth-order valence-corrected chi connectivity index (χ4v) is 3.45. The number of carbonyl (C=O) groups is 1. The van der Waals surface area contributed by atoms with Crippen LogP contribution < -0.4 is 4.74 Å². The van der Waals surface area contributed by atoms with E-state index in [9.17, 15) is 13.6 Å². The van der Waals surface area contributed by atoms with Gasteiger partial charge in [-0.1, -0.05) is 0 Å². The van der Waals surface area contributed by atoms with E-state index in [0.717, 1.165) is 30.3 Å². The van der Waals surface area contributed by atoms with Crippen molar-refractivity contribution >= 4 is 17.6 Å². The van der Waals surface area contributed by atoms with Crippen LogP contribution in [-0.2, 0) is 4.79 Å². The largest absolute Gasteiger partial charge is 0.484 e. The van der Waals surface area contributed by atoms with Crippen molar-refractivity contribution in [1.82, 2.24) is 14.7 Å². The molecule has 148 valence electrons. The monoisotopic (exact) mass is 389 g/mol. The van der Waals surface area contributed by atoms with Crippen LogP contribution in [0.15, 0.2) is 40.6 Å². The highest BCUT2D eigenvalue weighted by Gasteiger charge is 2.32. The lowest BCUT2D eigenvalue weighted by Gasteiger charge is -2.37. The lowest BCUT2D eigenvalue weighted by Crippen LogP contribution is -2.54. The molecule has 4 rings (SSSR count). The molecule has 0 bridgehead atoms. The van der Waals surface area contributed by atoms with Crippen LogP contribution in [0.5, 0.6) is 5.75 Å². The minimum absolute atomic E-state index is 0.127. The summed E-state index contributed by atoms with van der Waals surface area (Å²) in [6, 6.07) is 3.44. The molecule has 0 spiro atoms. The molecule has 3 aliphatic heterocycles. The number of ether oxygens (including phenoxy) is 1. The minimum Gasteiger partial charge on any atom is -0.484 e. The molecule has 1 aromatic carbocycles. The third-order valence-electron chi connectivity index (χ3n) is 4.90. The topological polar surface area (TPSA) is 60.7 Å². The molecule has 9 heteroatoms. The minimum atomic E-state index is -1.00. The Labute approximate surface area is 161 Å². The molecule has 0 aromatic heterocycles. The van der Waals surface area contributed by atoms with E-state index in [0.29, 0.717) is 26.2 Å². The van der Waals surface area contributed by atoms with Crippen LogP contribution in [0.4, 0.5) is 8.78 Å². The number of nitrogens with zero attached hydrogens (tertiary/aromatic N) is 5. The predicted octanol–water partition coefficient (Wildman–Crippen LogP) is 1.47. The quantitative estimate of drug-likeness (QED) is 0.786. The number of halogens is 2. The first kappa shape index (κ1) is 18.4. The first-order chi connectivity index (χ1) is 13.5. The number of piperazine rings is 1. The molecule has 1 fully saturated rings. The standard InChI is InChI=1S/C19H21F2N5O2/c1-13-11-26-5-4-22-18(19(26)23-13)25-8-6-24(7-9-25)17(27)12-28-14-2-3-15(20)16(21)10-14/h2-5,10,13H,6-9,11-12H2,1H3/t13-/m1/s1. The van der Waals surface area contributed by atoms with Crippen LogP contribution in [0.3, 0.4) is 0 Å². The SMILES string of the molecule is C[C@@H]1CN2C=CN=C(N3CCN(C(=O)COc4ccc(F)c(F)c4)CC3)C2=N1. The van der Waals surface area contributed by atoms with Crippen LogP contribution in [0.1, 0.15) is 6.92 Å². The number of hydrogen-bond donors (Lipinski definition) is 0. The summed E-state index contributed by atoms with van der Waals surface area (Å²) >= 11 is 0. The number of amides is 1. The zero-order chi connectivity index (χ0) is 19.7. The Hall–Kier alpha value is -2.97. The highest BCUT2D eigenvalue weighted by molar-refractivity contribution is 6.41. The average Bonchev–Trinajstić information content (AvgIpc) is 3.09. The van der Waals surface area contributed by atoms with E-state index in [1.165, 1.54) is 6.07 Å². The van der Waals surface area contributed by atoms with Gasteiger partial charge in [-0.2, -0.15) is 0 Å². The van der Waals surface area contributed by atoms with Crippen molar-refractivity contribution in [2.75, 3.05) is 39.3 Å². The summed E-state index contributed by atoms with van der Waals surface area (Å²) in [5.41, 5.74) is 0. The van der Waals surface area contributed by atoms with Gasteiger partial charge in [-0.3, -0.25) is 9.79 Å². The number of benzene rings is 1. The smallest absolute Gasteiger partial charge is 0.260 e. The van der Waals surface area contributed by atoms with Gasteiger partial charge in [0.25, 0.3) is 5.91 Å². The molecule has 1 atom stereocenters. The van der Waals surface area contributed by atoms with Gasteiger partial charge >= 0.3 is 0 Å². The lowest BCUT2D eigenvalue weighted by molar-refractivity contribution is -0.134. The van der Waals surface area contributed by atoms with E-state index < -0.39 is 11.6 Å². The lowest BCUT2D eigenvalue weighted by atomic mass is 10.2. The van der Waals surface area contributed by atoms with Crippen LogP contribution in [0.25, 0.3) is 0 Å². The number of hydrogen-bond acceptors (Lipinski definition) is 6. The molecule has 0 radical (unpaired) electrons. The Morgan fingerprint density at radius 1 is 1.18 bits per heavy atom. The molecule has 7 nitrogen and oxygen atoms in total. The van der Waals surface area contributed by atoms with E-state index in [-0.39, 0.29) is 24.3 Å². The molecule has 1 amide bonds. The maximum Gasteiger partial charge on any atom is 0.260 e. The van der Waals surface area contributed by atoms with Crippen molar-refractivity contribution < 1.29 is 18.3 Å². The number of carbonyl (C=O) groups excluding carboxylic acids is 1. The molecule has 0 saturated carbocycles. The van der Waals surface area contributed by atoms with Crippen molar-refractivity contribution in [3.05, 3.63) is 42.2 Å². The van der Waals surface area contributed by atoms with E-state index >= 15 is 0 Å². The fraction of sp³-hybridized carbons (Fsp3) is 0.421. The number of rotatable bonds is 3. The molecule has 0 aliphatic carbocycles. The zero-order valence-corrected chi connectivity index (χ0v) is 15.5. The van der Waals surface area contributed by atoms with E-state index in [1.807, 2.05) is 6.20 Å². The van der Waals surface area contributed by atoms with Gasteiger partial charge < -0.3 is 19.4 Å². The Morgan fingerprint density at radius 3 is 2.71 bits per heavy atom. The number of aliphatic imine (C=N–C) groups is 2. The van der Waals surface area contributed by atoms with E-state index in [2.05, 4.69) is 26.7 Å². The third kappa shape index (κ3) is 3.69. The first-order valence-electron chi connectivity index (χ1n) is 9.21. The molecule has 3 aliphatic rings. The highest BCUT2D eigenvalue weighted by atomic mass is 19.2. The molecular formula is C19H21F2N5O2. The third-order valence-corrected chi connectivity index (χ3v) is 4.90. The number of amidine groups is 2. The van der Waals surface area contributed by atoms with Crippen LogP contribution in [-0.4, -0.2) is 77.7 Å². The molecule has 3 heterocycles. The van der Waals surface area contributed by atoms with E-state index in [4.69, 9.17) is 4.74 Å². The molecule has 1 aromatic rings. The van der Waals surface area contributed by atoms with Gasteiger partial charge in [0.05, 0.1) is 6.04 Å². The molecule has 28 heavy (non-hydrogen) atoms. The summed E-state index contributed by atoms with van der Waals surface area (Å²) in [4.78, 5) is 27.4. The van der Waals surface area contributed by atoms with Crippen LogP contribution in [0.2, 0.25) is 0 Å². The van der Waals surface area contributed by atoms with Gasteiger partial charge in [0.15, 0.2) is 29.9 Å². The second-order valence-corrected chi connectivity index (χ2v) is 6.94. The summed E-state index contributed by atoms with van der Waals surface area (Å²) in [5, 5.41) is 0. The van der Waals surface area contributed by atoms with Crippen molar-refractivity contribution in [3.63, 3.8) is 0 Å². The van der Waals surface area contributed by atoms with Gasteiger partial charge in [0, 0.05) is 51.2 Å². The summed E-state index contributed by atoms with van der Waals surface area (Å²) in [5.74, 6) is -0.284. The summed E-state index contributed by atoms with van der Waals surface area (Å²) < 4.78 is 31.5. The van der Waals surface area contributed by atoms with Crippen molar-refractivity contribution in [1.29, 1.82) is 0 Å². The predicted molar refractivity (Wildman–Crippen MR) is 100 cm³/mol. The van der Waals surface area contributed by atoms with Crippen LogP contribution in [0, 0.1) is 11.6 Å². The van der Waals surface area contributed by atoms with Crippen molar-refractivity contribution in [2.45, 2.75) is 13.0 Å². The summed E-state index contributed by atoms with van der Waals surface area (Å²) in [6.07, 6.45) is 3.71. The summed E-state index contributed by atoms with van der Waals surface area (Å²) in [7, 11) is 0. The van der Waals surface area contributed by atoms with E-state index in [1.54, 1.807) is 11.1 Å². The molecule has 0 unspecified atom stereocenters. The van der Waals surface area contributed by atoms with Gasteiger partial charge in [0.1, 0.15) is 5.75 Å².